The Kier molecular flexibility index (Phi) is 19.8. The fraction of sp³-hybridized carbons (Fsp3) is 0.800. The Morgan fingerprint density at radius 3 is 1.56 bits per heavy atom. The molecule has 108 valence electrons. The van der Waals surface area contributed by atoms with E-state index in [9.17, 15) is 0 Å². The minimum absolute atomic E-state index is 0.833. The van der Waals surface area contributed by atoms with E-state index in [1.807, 2.05) is 6.08 Å². The number of carbonyl (C=O) groups is 1. The molecule has 0 unspecified atom stereocenters. The van der Waals surface area contributed by atoms with Crippen molar-refractivity contribution in [1.82, 2.24) is 0 Å². The zero-order chi connectivity index (χ0) is 14.1. The average Bonchev–Trinajstić information content (AvgIpc) is 2.31. The summed E-state index contributed by atoms with van der Waals surface area (Å²) >= 11 is 0. The molecular weight excluding hydrogens is 224 g/mol. The molecule has 0 spiro atoms. The van der Waals surface area contributed by atoms with Crippen LogP contribution in [-0.4, -0.2) is 6.03 Å². The van der Waals surface area contributed by atoms with Gasteiger partial charge < -0.3 is 11.5 Å². The van der Waals surface area contributed by atoms with Crippen molar-refractivity contribution >= 4 is 6.03 Å². The number of hydrogen-bond donors (Lipinski definition) is 2. The van der Waals surface area contributed by atoms with Gasteiger partial charge in [0.2, 0.25) is 0 Å². The molecule has 0 aromatic heterocycles. The summed E-state index contributed by atoms with van der Waals surface area (Å²) in [5.74, 6) is 0. The summed E-state index contributed by atoms with van der Waals surface area (Å²) in [5.41, 5.74) is 8.50. The Hall–Kier alpha value is -0.990. The first-order chi connectivity index (χ1) is 8.65. The minimum atomic E-state index is -0.833. The first-order valence-corrected chi connectivity index (χ1v) is 7.31. The molecule has 2 amide bonds. The van der Waals surface area contributed by atoms with Crippen molar-refractivity contribution in [1.29, 1.82) is 0 Å². The SMILES string of the molecule is C=CCCCCCCCCCCCC.NC(N)=O. The number of nitrogens with two attached hydrogens (primary N) is 2. The predicted octanol–water partition coefficient (Wildman–Crippen LogP) is 4.51. The van der Waals surface area contributed by atoms with Crippen molar-refractivity contribution in [3.05, 3.63) is 12.7 Å². The van der Waals surface area contributed by atoms with E-state index in [4.69, 9.17) is 4.79 Å². The van der Waals surface area contributed by atoms with Crippen LogP contribution >= 0.6 is 0 Å². The van der Waals surface area contributed by atoms with E-state index in [0.717, 1.165) is 0 Å². The van der Waals surface area contributed by atoms with Crippen LogP contribution in [0.4, 0.5) is 4.79 Å². The van der Waals surface area contributed by atoms with Gasteiger partial charge in [-0.15, -0.1) is 6.58 Å². The molecular formula is C15H32N2O. The monoisotopic (exact) mass is 256 g/mol. The Labute approximate surface area is 113 Å². The van der Waals surface area contributed by atoms with Gasteiger partial charge in [0, 0.05) is 0 Å². The fourth-order valence-corrected chi connectivity index (χ4v) is 1.78. The van der Waals surface area contributed by atoms with Crippen molar-refractivity contribution in [3.63, 3.8) is 0 Å². The highest BCUT2D eigenvalue weighted by Gasteiger charge is 1.91. The molecule has 0 rings (SSSR count). The van der Waals surface area contributed by atoms with Crippen molar-refractivity contribution < 1.29 is 4.79 Å². The number of carbonyl (C=O) groups excluding carboxylic acids is 1. The summed E-state index contributed by atoms with van der Waals surface area (Å²) in [7, 11) is 0. The summed E-state index contributed by atoms with van der Waals surface area (Å²) in [6.45, 7) is 6.01. The van der Waals surface area contributed by atoms with Gasteiger partial charge in [0.15, 0.2) is 0 Å². The number of amides is 2. The molecule has 0 saturated heterocycles. The Balaban J connectivity index is 0. The van der Waals surface area contributed by atoms with Gasteiger partial charge in [-0.2, -0.15) is 0 Å². The van der Waals surface area contributed by atoms with Gasteiger partial charge in [-0.25, -0.2) is 4.79 Å². The lowest BCUT2D eigenvalue weighted by molar-refractivity contribution is 0.256. The molecule has 0 radical (unpaired) electrons. The van der Waals surface area contributed by atoms with Crippen LogP contribution in [0.25, 0.3) is 0 Å². The first kappa shape index (κ1) is 19.4. The third-order valence-corrected chi connectivity index (χ3v) is 2.76. The third kappa shape index (κ3) is 29.4. The van der Waals surface area contributed by atoms with Crippen LogP contribution in [-0.2, 0) is 0 Å². The van der Waals surface area contributed by atoms with E-state index >= 15 is 0 Å². The number of allylic oxidation sites excluding steroid dienone is 1. The normalized spacial score (nSPS) is 9.39. The van der Waals surface area contributed by atoms with Gasteiger partial charge in [0.05, 0.1) is 0 Å². The lowest BCUT2D eigenvalue weighted by atomic mass is 10.1. The molecule has 0 saturated carbocycles. The quantitative estimate of drug-likeness (QED) is 0.414. The van der Waals surface area contributed by atoms with Gasteiger partial charge >= 0.3 is 6.03 Å². The van der Waals surface area contributed by atoms with Crippen LogP contribution in [0.1, 0.15) is 77.6 Å². The summed E-state index contributed by atoms with van der Waals surface area (Å²) in [6.07, 6.45) is 17.5. The number of unbranched alkanes of at least 4 members (excludes halogenated alkanes) is 10. The summed E-state index contributed by atoms with van der Waals surface area (Å²) in [6, 6.07) is -0.833. The molecule has 0 bridgehead atoms. The number of urea groups is 1. The number of rotatable bonds is 11. The van der Waals surface area contributed by atoms with E-state index in [-0.39, 0.29) is 0 Å². The summed E-state index contributed by atoms with van der Waals surface area (Å²) in [5, 5.41) is 0. The second kappa shape index (κ2) is 18.4. The van der Waals surface area contributed by atoms with Crippen molar-refractivity contribution in [3.8, 4) is 0 Å². The molecule has 3 nitrogen and oxygen atoms in total. The van der Waals surface area contributed by atoms with Crippen LogP contribution in [0.2, 0.25) is 0 Å². The minimum Gasteiger partial charge on any atom is -0.352 e. The molecule has 0 fully saturated rings. The Morgan fingerprint density at radius 1 is 0.889 bits per heavy atom. The topological polar surface area (TPSA) is 69.1 Å². The van der Waals surface area contributed by atoms with Crippen LogP contribution in [0.15, 0.2) is 12.7 Å². The maximum absolute atomic E-state index is 9.00. The van der Waals surface area contributed by atoms with Crippen LogP contribution < -0.4 is 11.5 Å². The fourth-order valence-electron chi connectivity index (χ4n) is 1.78. The molecule has 0 aromatic rings. The average molecular weight is 256 g/mol. The van der Waals surface area contributed by atoms with Crippen molar-refractivity contribution in [2.24, 2.45) is 11.5 Å². The molecule has 0 atom stereocenters. The van der Waals surface area contributed by atoms with Crippen LogP contribution in [0.3, 0.4) is 0 Å². The summed E-state index contributed by atoms with van der Waals surface area (Å²) < 4.78 is 0. The van der Waals surface area contributed by atoms with Crippen LogP contribution in [0.5, 0.6) is 0 Å². The highest BCUT2D eigenvalue weighted by molar-refractivity contribution is 5.69. The van der Waals surface area contributed by atoms with Crippen molar-refractivity contribution in [2.75, 3.05) is 0 Å². The lowest BCUT2D eigenvalue weighted by Crippen LogP contribution is -2.18. The second-order valence-electron chi connectivity index (χ2n) is 4.66. The van der Waals surface area contributed by atoms with E-state index in [0.29, 0.717) is 0 Å². The zero-order valence-corrected chi connectivity index (χ0v) is 12.1. The van der Waals surface area contributed by atoms with Gasteiger partial charge in [-0.1, -0.05) is 70.8 Å². The Bertz CT molecular complexity index is 177. The van der Waals surface area contributed by atoms with E-state index < -0.39 is 6.03 Å². The van der Waals surface area contributed by atoms with E-state index in [1.165, 1.54) is 70.6 Å². The van der Waals surface area contributed by atoms with E-state index in [2.05, 4.69) is 25.0 Å². The third-order valence-electron chi connectivity index (χ3n) is 2.76. The largest absolute Gasteiger partial charge is 0.352 e. The highest BCUT2D eigenvalue weighted by atomic mass is 16.2. The molecule has 0 heterocycles. The van der Waals surface area contributed by atoms with Gasteiger partial charge in [-0.3, -0.25) is 0 Å². The second-order valence-corrected chi connectivity index (χ2v) is 4.66. The molecule has 3 heteroatoms. The molecule has 0 aliphatic carbocycles. The lowest BCUT2D eigenvalue weighted by Gasteiger charge is -2.00. The molecule has 0 aromatic carbocycles. The molecule has 0 aliphatic heterocycles. The van der Waals surface area contributed by atoms with Gasteiger partial charge in [0.25, 0.3) is 0 Å². The number of primary amides is 2. The molecule has 0 aliphatic rings. The smallest absolute Gasteiger partial charge is 0.309 e. The molecule has 18 heavy (non-hydrogen) atoms. The van der Waals surface area contributed by atoms with Gasteiger partial charge in [-0.05, 0) is 12.8 Å². The molecule has 4 N–H and O–H groups in total. The first-order valence-electron chi connectivity index (χ1n) is 7.31. The number of hydrogen-bond acceptors (Lipinski definition) is 1. The van der Waals surface area contributed by atoms with Crippen LogP contribution in [0, 0.1) is 0 Å². The standard InChI is InChI=1S/C14H28.CH4N2O/c1-3-5-7-9-11-13-14-12-10-8-6-4-2;2-1(3)4/h3H,1,4-14H2,2H3;(H4,2,3,4). The predicted molar refractivity (Wildman–Crippen MR) is 80.4 cm³/mol. The van der Waals surface area contributed by atoms with Gasteiger partial charge in [0.1, 0.15) is 0 Å². The maximum atomic E-state index is 9.00. The summed E-state index contributed by atoms with van der Waals surface area (Å²) in [4.78, 5) is 9.00. The maximum Gasteiger partial charge on any atom is 0.309 e. The Morgan fingerprint density at radius 2 is 1.22 bits per heavy atom. The zero-order valence-electron chi connectivity index (χ0n) is 12.1. The van der Waals surface area contributed by atoms with Crippen molar-refractivity contribution in [2.45, 2.75) is 77.6 Å². The highest BCUT2D eigenvalue weighted by Crippen LogP contribution is 2.11. The van der Waals surface area contributed by atoms with E-state index in [1.54, 1.807) is 0 Å².